The number of alkyl halides is 3. The van der Waals surface area contributed by atoms with Gasteiger partial charge in [-0.3, -0.25) is 4.68 Å². The Balaban J connectivity index is 1.92. The highest BCUT2D eigenvalue weighted by Crippen LogP contribution is 2.31. The van der Waals surface area contributed by atoms with Crippen LogP contribution in [0.3, 0.4) is 0 Å². The van der Waals surface area contributed by atoms with Gasteiger partial charge in [-0.15, -0.1) is 0 Å². The van der Waals surface area contributed by atoms with Gasteiger partial charge >= 0.3 is 6.18 Å². The summed E-state index contributed by atoms with van der Waals surface area (Å²) in [5, 5.41) is 4.39. The third-order valence-electron chi connectivity index (χ3n) is 3.17. The molecule has 3 rings (SSSR count). The van der Waals surface area contributed by atoms with Gasteiger partial charge in [0.15, 0.2) is 0 Å². The highest BCUT2D eigenvalue weighted by atomic mass is 19.4. The van der Waals surface area contributed by atoms with E-state index in [-0.39, 0.29) is 0 Å². The quantitative estimate of drug-likeness (QED) is 0.759. The number of benzene rings is 1. The lowest BCUT2D eigenvalue weighted by molar-refractivity contribution is -0.137. The number of hydrogen-bond acceptors (Lipinski definition) is 1. The summed E-state index contributed by atoms with van der Waals surface area (Å²) in [6.07, 6.45) is -2.20. The molecular formula is C13H11F3N2. The minimum atomic E-state index is -4.28. The standard InChI is InChI=1S/C13H11F3N2/c14-13(15,16)10-5-3-9(4-6-10)12-8-11-2-1-7-18(11)17-12/h3-6,8H,1-2,7H2. The lowest BCUT2D eigenvalue weighted by atomic mass is 10.1. The van der Waals surface area contributed by atoms with Crippen molar-refractivity contribution >= 4 is 0 Å². The van der Waals surface area contributed by atoms with E-state index >= 15 is 0 Å². The average molecular weight is 252 g/mol. The van der Waals surface area contributed by atoms with Crippen LogP contribution in [0.25, 0.3) is 11.3 Å². The molecule has 0 radical (unpaired) electrons. The summed E-state index contributed by atoms with van der Waals surface area (Å²) >= 11 is 0. The van der Waals surface area contributed by atoms with Crippen molar-refractivity contribution in [1.82, 2.24) is 9.78 Å². The lowest BCUT2D eigenvalue weighted by Gasteiger charge is -2.06. The van der Waals surface area contributed by atoms with Crippen molar-refractivity contribution < 1.29 is 13.2 Å². The molecule has 0 saturated carbocycles. The van der Waals surface area contributed by atoms with Gasteiger partial charge in [-0.2, -0.15) is 18.3 Å². The predicted molar refractivity (Wildman–Crippen MR) is 61.0 cm³/mol. The molecule has 0 atom stereocenters. The fourth-order valence-corrected chi connectivity index (χ4v) is 2.23. The number of aromatic nitrogens is 2. The number of halogens is 3. The van der Waals surface area contributed by atoms with Crippen molar-refractivity contribution in [2.24, 2.45) is 0 Å². The van der Waals surface area contributed by atoms with E-state index in [4.69, 9.17) is 0 Å². The van der Waals surface area contributed by atoms with Gasteiger partial charge in [0.2, 0.25) is 0 Å². The Morgan fingerprint density at radius 3 is 2.44 bits per heavy atom. The van der Waals surface area contributed by atoms with E-state index in [1.54, 1.807) is 0 Å². The van der Waals surface area contributed by atoms with E-state index in [1.165, 1.54) is 12.1 Å². The molecule has 0 amide bonds. The molecular weight excluding hydrogens is 241 g/mol. The molecule has 0 bridgehead atoms. The molecule has 0 spiro atoms. The summed E-state index contributed by atoms with van der Waals surface area (Å²) in [5.41, 5.74) is 2.01. The first-order valence-corrected chi connectivity index (χ1v) is 5.78. The fourth-order valence-electron chi connectivity index (χ4n) is 2.23. The summed E-state index contributed by atoms with van der Waals surface area (Å²) < 4.78 is 39.2. The Hall–Kier alpha value is -1.78. The first-order valence-electron chi connectivity index (χ1n) is 5.78. The Bertz CT molecular complexity index is 545. The van der Waals surface area contributed by atoms with Gasteiger partial charge in [0.25, 0.3) is 0 Å². The smallest absolute Gasteiger partial charge is 0.269 e. The van der Waals surface area contributed by atoms with Crippen molar-refractivity contribution in [2.45, 2.75) is 25.6 Å². The lowest BCUT2D eigenvalue weighted by Crippen LogP contribution is -2.04. The summed E-state index contributed by atoms with van der Waals surface area (Å²) in [4.78, 5) is 0. The third kappa shape index (κ3) is 1.89. The van der Waals surface area contributed by atoms with Crippen LogP contribution in [0.2, 0.25) is 0 Å². The van der Waals surface area contributed by atoms with E-state index < -0.39 is 11.7 Å². The molecule has 1 aliphatic rings. The molecule has 94 valence electrons. The van der Waals surface area contributed by atoms with Crippen LogP contribution >= 0.6 is 0 Å². The van der Waals surface area contributed by atoms with Gasteiger partial charge < -0.3 is 0 Å². The minimum absolute atomic E-state index is 0.627. The number of aryl methyl sites for hydroxylation is 2. The third-order valence-corrected chi connectivity index (χ3v) is 3.17. The topological polar surface area (TPSA) is 17.8 Å². The van der Waals surface area contributed by atoms with Crippen molar-refractivity contribution in [2.75, 3.05) is 0 Å². The number of rotatable bonds is 1. The molecule has 2 heterocycles. The van der Waals surface area contributed by atoms with Crippen LogP contribution in [0.4, 0.5) is 13.2 Å². The van der Waals surface area contributed by atoms with Gasteiger partial charge in [-0.1, -0.05) is 12.1 Å². The first kappa shape index (κ1) is 11.3. The van der Waals surface area contributed by atoms with Crippen LogP contribution < -0.4 is 0 Å². The molecule has 2 nitrogen and oxygen atoms in total. The Labute approximate surface area is 102 Å². The summed E-state index contributed by atoms with van der Waals surface area (Å²) in [7, 11) is 0. The monoisotopic (exact) mass is 252 g/mol. The highest BCUT2D eigenvalue weighted by molar-refractivity contribution is 5.60. The summed E-state index contributed by atoms with van der Waals surface area (Å²) in [6, 6.07) is 7.09. The zero-order chi connectivity index (χ0) is 12.8. The fraction of sp³-hybridized carbons (Fsp3) is 0.308. The molecule has 1 aromatic heterocycles. The molecule has 0 aliphatic carbocycles. The molecule has 0 fully saturated rings. The second-order valence-electron chi connectivity index (χ2n) is 4.42. The van der Waals surface area contributed by atoms with Crippen LogP contribution in [-0.2, 0) is 19.1 Å². The molecule has 1 aromatic carbocycles. The maximum atomic E-state index is 12.4. The van der Waals surface area contributed by atoms with Crippen LogP contribution in [0, 0.1) is 0 Å². The van der Waals surface area contributed by atoms with Crippen molar-refractivity contribution in [3.05, 3.63) is 41.6 Å². The molecule has 18 heavy (non-hydrogen) atoms. The van der Waals surface area contributed by atoms with E-state index in [0.29, 0.717) is 0 Å². The zero-order valence-electron chi connectivity index (χ0n) is 9.54. The van der Waals surface area contributed by atoms with Crippen LogP contribution in [0.5, 0.6) is 0 Å². The zero-order valence-corrected chi connectivity index (χ0v) is 9.54. The van der Waals surface area contributed by atoms with E-state index in [0.717, 1.165) is 48.5 Å². The Morgan fingerprint density at radius 2 is 1.83 bits per heavy atom. The molecule has 0 N–H and O–H groups in total. The SMILES string of the molecule is FC(F)(F)c1ccc(-c2cc3n(n2)CCC3)cc1. The normalized spacial score (nSPS) is 14.8. The molecule has 0 unspecified atom stereocenters. The Morgan fingerprint density at radius 1 is 1.11 bits per heavy atom. The van der Waals surface area contributed by atoms with Crippen LogP contribution in [0.15, 0.2) is 30.3 Å². The average Bonchev–Trinajstić information content (AvgIpc) is 2.88. The molecule has 0 saturated heterocycles. The highest BCUT2D eigenvalue weighted by Gasteiger charge is 2.30. The van der Waals surface area contributed by atoms with Crippen molar-refractivity contribution in [3.8, 4) is 11.3 Å². The van der Waals surface area contributed by atoms with Crippen molar-refractivity contribution in [3.63, 3.8) is 0 Å². The number of hydrogen-bond donors (Lipinski definition) is 0. The largest absolute Gasteiger partial charge is 0.416 e. The van der Waals surface area contributed by atoms with E-state index in [2.05, 4.69) is 5.10 Å². The van der Waals surface area contributed by atoms with Crippen LogP contribution in [0.1, 0.15) is 17.7 Å². The second-order valence-corrected chi connectivity index (χ2v) is 4.42. The summed E-state index contributed by atoms with van der Waals surface area (Å²) in [5.74, 6) is 0. The maximum absolute atomic E-state index is 12.4. The molecule has 5 heteroatoms. The maximum Gasteiger partial charge on any atom is 0.416 e. The number of nitrogens with zero attached hydrogens (tertiary/aromatic N) is 2. The van der Waals surface area contributed by atoms with Crippen LogP contribution in [-0.4, -0.2) is 9.78 Å². The van der Waals surface area contributed by atoms with Gasteiger partial charge in [-0.05, 0) is 31.0 Å². The minimum Gasteiger partial charge on any atom is -0.269 e. The van der Waals surface area contributed by atoms with Gasteiger partial charge in [0, 0.05) is 17.8 Å². The van der Waals surface area contributed by atoms with E-state index in [1.807, 2.05) is 10.7 Å². The van der Waals surface area contributed by atoms with E-state index in [9.17, 15) is 13.2 Å². The van der Waals surface area contributed by atoms with Gasteiger partial charge in [0.1, 0.15) is 0 Å². The predicted octanol–water partition coefficient (Wildman–Crippen LogP) is 3.52. The first-order chi connectivity index (χ1) is 8.54. The second kappa shape index (κ2) is 3.86. The molecule has 2 aromatic rings. The molecule has 1 aliphatic heterocycles. The Kier molecular flexibility index (Phi) is 2.43. The van der Waals surface area contributed by atoms with Gasteiger partial charge in [0.05, 0.1) is 11.3 Å². The summed E-state index contributed by atoms with van der Waals surface area (Å²) in [6.45, 7) is 0.899. The van der Waals surface area contributed by atoms with Gasteiger partial charge in [-0.25, -0.2) is 0 Å². The number of fused-ring (bicyclic) bond motifs is 1. The van der Waals surface area contributed by atoms with Crippen molar-refractivity contribution in [1.29, 1.82) is 0 Å².